The van der Waals surface area contributed by atoms with Crippen LogP contribution in [0.5, 0.6) is 0 Å². The quantitative estimate of drug-likeness (QED) is 0.372. The first-order valence-electron chi connectivity index (χ1n) is 2.01. The Morgan fingerprint density at radius 2 is 2.00 bits per heavy atom. The second kappa shape index (κ2) is 0.716. The summed E-state index contributed by atoms with van der Waals surface area (Å²) in [5.74, 6) is 0. The van der Waals surface area contributed by atoms with E-state index < -0.39 is 0 Å². The molecule has 2 unspecified atom stereocenters. The highest BCUT2D eigenvalue weighted by Crippen LogP contribution is 2.09. The summed E-state index contributed by atoms with van der Waals surface area (Å²) in [7, 11) is 2.13. The average molecular weight is 71.1 g/mol. The lowest BCUT2D eigenvalue weighted by molar-refractivity contribution is 0.638. The van der Waals surface area contributed by atoms with Crippen LogP contribution in [0, 0.1) is 0 Å². The molecule has 0 saturated carbocycles. The molecule has 0 bridgehead atoms. The molecule has 30 valence electrons. The molecular weight excluding hydrogens is 62.1 g/mol. The van der Waals surface area contributed by atoms with Crippen LogP contribution in [0.2, 0.25) is 0 Å². The molecule has 0 aromatic rings. The molecule has 0 spiro atoms. The second-order valence-electron chi connectivity index (χ2n) is 1.79. The van der Waals surface area contributed by atoms with Gasteiger partial charge in [-0.25, -0.2) is 0 Å². The van der Waals surface area contributed by atoms with Gasteiger partial charge in [0.15, 0.2) is 0 Å². The zero-order valence-electron chi connectivity index (χ0n) is 3.73. The molecule has 1 aliphatic rings. The Balaban J connectivity index is 2.20. The van der Waals surface area contributed by atoms with Gasteiger partial charge in [-0.2, -0.15) is 0 Å². The summed E-state index contributed by atoms with van der Waals surface area (Å²) >= 11 is 0. The van der Waals surface area contributed by atoms with Crippen molar-refractivity contribution in [2.75, 3.05) is 13.6 Å². The van der Waals surface area contributed by atoms with Gasteiger partial charge in [0.1, 0.15) is 0 Å². The fraction of sp³-hybridized carbons (Fsp3) is 1.00. The maximum Gasteiger partial charge on any atom is 0.0192 e. The third kappa shape index (κ3) is 0.428. The lowest BCUT2D eigenvalue weighted by atomic mass is 10.6. The van der Waals surface area contributed by atoms with Gasteiger partial charge in [-0.1, -0.05) is 0 Å². The molecule has 0 N–H and O–H groups in total. The minimum Gasteiger partial charge on any atom is -0.301 e. The van der Waals surface area contributed by atoms with Crippen LogP contribution in [0.15, 0.2) is 0 Å². The van der Waals surface area contributed by atoms with Gasteiger partial charge in [0.2, 0.25) is 0 Å². The largest absolute Gasteiger partial charge is 0.301 e. The van der Waals surface area contributed by atoms with Crippen molar-refractivity contribution in [3.63, 3.8) is 0 Å². The highest BCUT2D eigenvalue weighted by Gasteiger charge is 2.22. The molecule has 1 fully saturated rings. The van der Waals surface area contributed by atoms with Crippen LogP contribution in [0.1, 0.15) is 6.92 Å². The van der Waals surface area contributed by atoms with E-state index in [1.165, 1.54) is 6.54 Å². The lowest BCUT2D eigenvalue weighted by Gasteiger charge is -1.75. The summed E-state index contributed by atoms with van der Waals surface area (Å²) in [5, 5.41) is 0. The Labute approximate surface area is 32.6 Å². The lowest BCUT2D eigenvalue weighted by Crippen LogP contribution is -1.84. The SMILES string of the molecule is CC1CN1C. The molecule has 2 atom stereocenters. The highest BCUT2D eigenvalue weighted by molar-refractivity contribution is 4.79. The van der Waals surface area contributed by atoms with Crippen molar-refractivity contribution in [2.24, 2.45) is 0 Å². The minimum absolute atomic E-state index is 0.884. The Morgan fingerprint density at radius 3 is 2.00 bits per heavy atom. The smallest absolute Gasteiger partial charge is 0.0192 e. The first kappa shape index (κ1) is 3.16. The Morgan fingerprint density at radius 1 is 1.80 bits per heavy atom. The monoisotopic (exact) mass is 71.1 g/mol. The molecule has 1 rings (SSSR count). The number of nitrogens with zero attached hydrogens (tertiary/aromatic N) is 1. The van der Waals surface area contributed by atoms with Crippen LogP contribution in [0.3, 0.4) is 0 Å². The minimum atomic E-state index is 0.884. The average Bonchev–Trinajstić information content (AvgIpc) is 1.79. The summed E-state index contributed by atoms with van der Waals surface area (Å²) in [6.07, 6.45) is 0. The van der Waals surface area contributed by atoms with Gasteiger partial charge >= 0.3 is 0 Å². The zero-order chi connectivity index (χ0) is 3.86. The van der Waals surface area contributed by atoms with Crippen molar-refractivity contribution in [3.8, 4) is 0 Å². The van der Waals surface area contributed by atoms with Crippen LogP contribution in [0.4, 0.5) is 0 Å². The summed E-state index contributed by atoms with van der Waals surface area (Å²) < 4.78 is 0. The standard InChI is InChI=1S/C4H9N/c1-4-3-5(4)2/h4H,3H2,1-2H3. The van der Waals surface area contributed by atoms with Crippen LogP contribution in [0.25, 0.3) is 0 Å². The number of likely N-dealkylation sites (N-methyl/N-ethyl adjacent to an activating group) is 1. The van der Waals surface area contributed by atoms with E-state index >= 15 is 0 Å². The Kier molecular flexibility index (Phi) is 0.453. The van der Waals surface area contributed by atoms with Gasteiger partial charge in [0.25, 0.3) is 0 Å². The van der Waals surface area contributed by atoms with Crippen molar-refractivity contribution in [3.05, 3.63) is 0 Å². The van der Waals surface area contributed by atoms with Crippen molar-refractivity contribution >= 4 is 0 Å². The summed E-state index contributed by atoms with van der Waals surface area (Å²) in [5.41, 5.74) is 0. The molecule has 0 aromatic carbocycles. The normalized spacial score (nSPS) is 49.2. The summed E-state index contributed by atoms with van der Waals surface area (Å²) in [6.45, 7) is 3.53. The molecule has 0 amide bonds. The van der Waals surface area contributed by atoms with Crippen LogP contribution in [-0.4, -0.2) is 24.5 Å². The topological polar surface area (TPSA) is 3.01 Å². The van der Waals surface area contributed by atoms with E-state index in [-0.39, 0.29) is 0 Å². The predicted molar refractivity (Wildman–Crippen MR) is 22.1 cm³/mol. The van der Waals surface area contributed by atoms with Crippen molar-refractivity contribution in [1.29, 1.82) is 0 Å². The summed E-state index contributed by atoms with van der Waals surface area (Å²) in [4.78, 5) is 2.29. The van der Waals surface area contributed by atoms with Crippen molar-refractivity contribution in [2.45, 2.75) is 13.0 Å². The van der Waals surface area contributed by atoms with Crippen molar-refractivity contribution < 1.29 is 0 Å². The summed E-state index contributed by atoms with van der Waals surface area (Å²) in [6, 6.07) is 0.884. The molecule has 0 aromatic heterocycles. The first-order valence-corrected chi connectivity index (χ1v) is 2.01. The maximum atomic E-state index is 2.29. The third-order valence-electron chi connectivity index (χ3n) is 1.17. The molecule has 1 saturated heterocycles. The third-order valence-corrected chi connectivity index (χ3v) is 1.17. The van der Waals surface area contributed by atoms with Crippen LogP contribution in [-0.2, 0) is 0 Å². The van der Waals surface area contributed by atoms with Gasteiger partial charge < -0.3 is 4.90 Å². The van der Waals surface area contributed by atoms with E-state index in [4.69, 9.17) is 0 Å². The first-order chi connectivity index (χ1) is 2.30. The predicted octanol–water partition coefficient (Wildman–Crippen LogP) is 0.320. The number of hydrogen-bond acceptors (Lipinski definition) is 1. The highest BCUT2D eigenvalue weighted by atomic mass is 15.3. The molecule has 1 heteroatoms. The van der Waals surface area contributed by atoms with Crippen LogP contribution < -0.4 is 0 Å². The number of rotatable bonds is 0. The van der Waals surface area contributed by atoms with E-state index in [1.807, 2.05) is 0 Å². The van der Waals surface area contributed by atoms with Crippen LogP contribution >= 0.6 is 0 Å². The van der Waals surface area contributed by atoms with Gasteiger partial charge in [-0.3, -0.25) is 0 Å². The van der Waals surface area contributed by atoms with E-state index in [1.54, 1.807) is 0 Å². The molecule has 1 nitrogen and oxygen atoms in total. The van der Waals surface area contributed by atoms with Gasteiger partial charge in [0, 0.05) is 12.6 Å². The van der Waals surface area contributed by atoms with E-state index in [2.05, 4.69) is 18.9 Å². The van der Waals surface area contributed by atoms with Gasteiger partial charge in [-0.15, -0.1) is 0 Å². The molecule has 1 heterocycles. The van der Waals surface area contributed by atoms with Gasteiger partial charge in [0.05, 0.1) is 0 Å². The van der Waals surface area contributed by atoms with E-state index in [9.17, 15) is 0 Å². The Bertz CT molecular complexity index is 36.9. The molecule has 5 heavy (non-hydrogen) atoms. The fourth-order valence-corrected chi connectivity index (χ4v) is 0.370. The number of hydrogen-bond donors (Lipinski definition) is 0. The molecule has 1 aliphatic heterocycles. The molecular formula is C4H9N. The second-order valence-corrected chi connectivity index (χ2v) is 1.79. The van der Waals surface area contributed by atoms with Gasteiger partial charge in [-0.05, 0) is 14.0 Å². The van der Waals surface area contributed by atoms with Crippen molar-refractivity contribution in [1.82, 2.24) is 4.90 Å². The Hall–Kier alpha value is -0.0400. The molecule has 0 aliphatic carbocycles. The van der Waals surface area contributed by atoms with E-state index in [0.717, 1.165) is 6.04 Å². The maximum absolute atomic E-state index is 2.29. The zero-order valence-corrected chi connectivity index (χ0v) is 3.73. The molecule has 0 radical (unpaired) electrons. The van der Waals surface area contributed by atoms with E-state index in [0.29, 0.717) is 0 Å². The fourth-order valence-electron chi connectivity index (χ4n) is 0.370.